The van der Waals surface area contributed by atoms with Gasteiger partial charge in [0.15, 0.2) is 0 Å². The highest BCUT2D eigenvalue weighted by Crippen LogP contribution is 2.17. The molecule has 1 atom stereocenters. The van der Waals surface area contributed by atoms with Gasteiger partial charge in [-0.1, -0.05) is 0 Å². The van der Waals surface area contributed by atoms with Gasteiger partial charge in [0.1, 0.15) is 0 Å². The minimum Gasteiger partial charge on any atom is -0.331 e. The van der Waals surface area contributed by atoms with E-state index in [4.69, 9.17) is 0 Å². The summed E-state index contributed by atoms with van der Waals surface area (Å²) in [5, 5.41) is 3.40. The number of piperidine rings is 1. The molecular weight excluding hydrogens is 150 g/mol. The number of nitrogens with one attached hydrogen (secondary N) is 1. The SMILES string of the molecule is Cc1cncn1C1CCCNC1. The number of rotatable bonds is 1. The van der Waals surface area contributed by atoms with Gasteiger partial charge in [-0.2, -0.15) is 0 Å². The third-order valence-electron chi connectivity index (χ3n) is 2.52. The average molecular weight is 165 g/mol. The number of nitrogens with zero attached hydrogens (tertiary/aromatic N) is 2. The maximum Gasteiger partial charge on any atom is 0.0951 e. The molecule has 0 amide bonds. The topological polar surface area (TPSA) is 29.9 Å². The van der Waals surface area contributed by atoms with Crippen LogP contribution in [0.25, 0.3) is 0 Å². The molecule has 2 heterocycles. The molecule has 0 aliphatic carbocycles. The van der Waals surface area contributed by atoms with Crippen LogP contribution < -0.4 is 5.32 Å². The number of aromatic nitrogens is 2. The van der Waals surface area contributed by atoms with Crippen LogP contribution in [0.5, 0.6) is 0 Å². The van der Waals surface area contributed by atoms with Crippen molar-refractivity contribution in [3.05, 3.63) is 18.2 Å². The Labute approximate surface area is 72.8 Å². The lowest BCUT2D eigenvalue weighted by molar-refractivity contribution is 0.367. The van der Waals surface area contributed by atoms with E-state index in [0.717, 1.165) is 6.54 Å². The molecule has 1 saturated heterocycles. The number of hydrogen-bond donors (Lipinski definition) is 1. The fourth-order valence-corrected chi connectivity index (χ4v) is 1.82. The molecule has 0 saturated carbocycles. The smallest absolute Gasteiger partial charge is 0.0951 e. The maximum absolute atomic E-state index is 4.13. The first kappa shape index (κ1) is 7.80. The highest BCUT2D eigenvalue weighted by Gasteiger charge is 2.14. The predicted octanol–water partition coefficient (Wildman–Crippen LogP) is 1.12. The maximum atomic E-state index is 4.13. The summed E-state index contributed by atoms with van der Waals surface area (Å²) in [5.74, 6) is 0. The lowest BCUT2D eigenvalue weighted by Crippen LogP contribution is -2.31. The van der Waals surface area contributed by atoms with Gasteiger partial charge in [-0.05, 0) is 26.3 Å². The molecule has 2 rings (SSSR count). The van der Waals surface area contributed by atoms with Gasteiger partial charge in [0.25, 0.3) is 0 Å². The van der Waals surface area contributed by atoms with Crippen LogP contribution >= 0.6 is 0 Å². The number of imidazole rings is 1. The van der Waals surface area contributed by atoms with E-state index < -0.39 is 0 Å². The first-order valence-electron chi connectivity index (χ1n) is 4.57. The first-order chi connectivity index (χ1) is 5.88. The molecule has 1 fully saturated rings. The Morgan fingerprint density at radius 3 is 3.17 bits per heavy atom. The normalized spacial score (nSPS) is 24.2. The standard InChI is InChI=1S/C9H15N3/c1-8-5-11-7-12(8)9-3-2-4-10-6-9/h5,7,9-10H,2-4,6H2,1H3. The summed E-state index contributed by atoms with van der Waals surface area (Å²) in [6, 6.07) is 0.626. The van der Waals surface area contributed by atoms with E-state index in [2.05, 4.69) is 21.8 Å². The van der Waals surface area contributed by atoms with Crippen LogP contribution in [0.15, 0.2) is 12.5 Å². The Kier molecular flexibility index (Phi) is 2.13. The molecule has 0 aromatic carbocycles. The van der Waals surface area contributed by atoms with Crippen molar-refractivity contribution >= 4 is 0 Å². The van der Waals surface area contributed by atoms with Gasteiger partial charge in [0.05, 0.1) is 6.33 Å². The highest BCUT2D eigenvalue weighted by molar-refractivity contribution is 4.97. The van der Waals surface area contributed by atoms with Crippen molar-refractivity contribution in [2.24, 2.45) is 0 Å². The van der Waals surface area contributed by atoms with E-state index in [9.17, 15) is 0 Å². The largest absolute Gasteiger partial charge is 0.331 e. The van der Waals surface area contributed by atoms with Crippen molar-refractivity contribution < 1.29 is 0 Å². The molecular formula is C9H15N3. The molecule has 3 nitrogen and oxygen atoms in total. The van der Waals surface area contributed by atoms with Crippen LogP contribution in [0, 0.1) is 6.92 Å². The molecule has 66 valence electrons. The van der Waals surface area contributed by atoms with E-state index in [0.29, 0.717) is 6.04 Å². The molecule has 3 heteroatoms. The Balaban J connectivity index is 2.13. The summed E-state index contributed by atoms with van der Waals surface area (Å²) in [4.78, 5) is 4.13. The molecule has 1 aromatic rings. The summed E-state index contributed by atoms with van der Waals surface area (Å²) in [7, 11) is 0. The second-order valence-corrected chi connectivity index (χ2v) is 3.44. The van der Waals surface area contributed by atoms with Crippen molar-refractivity contribution in [2.75, 3.05) is 13.1 Å². The second-order valence-electron chi connectivity index (χ2n) is 3.44. The molecule has 1 aliphatic rings. The van der Waals surface area contributed by atoms with Crippen LogP contribution in [-0.2, 0) is 0 Å². The molecule has 12 heavy (non-hydrogen) atoms. The molecule has 0 bridgehead atoms. The van der Waals surface area contributed by atoms with Crippen molar-refractivity contribution in [1.82, 2.24) is 14.9 Å². The fourth-order valence-electron chi connectivity index (χ4n) is 1.82. The zero-order valence-electron chi connectivity index (χ0n) is 7.45. The van der Waals surface area contributed by atoms with Gasteiger partial charge >= 0.3 is 0 Å². The minimum atomic E-state index is 0.626. The third kappa shape index (κ3) is 1.37. The minimum absolute atomic E-state index is 0.626. The summed E-state index contributed by atoms with van der Waals surface area (Å²) < 4.78 is 2.27. The van der Waals surface area contributed by atoms with Crippen molar-refractivity contribution in [1.29, 1.82) is 0 Å². The zero-order chi connectivity index (χ0) is 8.39. The van der Waals surface area contributed by atoms with E-state index in [1.54, 1.807) is 0 Å². The average Bonchev–Trinajstić information content (AvgIpc) is 2.53. The van der Waals surface area contributed by atoms with Crippen molar-refractivity contribution in [3.8, 4) is 0 Å². The van der Waals surface area contributed by atoms with Crippen LogP contribution in [0.1, 0.15) is 24.6 Å². The first-order valence-corrected chi connectivity index (χ1v) is 4.57. The van der Waals surface area contributed by atoms with E-state index in [1.807, 2.05) is 12.5 Å². The van der Waals surface area contributed by atoms with E-state index >= 15 is 0 Å². The van der Waals surface area contributed by atoms with Gasteiger partial charge in [0.2, 0.25) is 0 Å². The summed E-state index contributed by atoms with van der Waals surface area (Å²) in [5.41, 5.74) is 1.27. The van der Waals surface area contributed by atoms with E-state index in [-0.39, 0.29) is 0 Å². The van der Waals surface area contributed by atoms with Crippen LogP contribution in [0.3, 0.4) is 0 Å². The van der Waals surface area contributed by atoms with Crippen LogP contribution in [0.4, 0.5) is 0 Å². The zero-order valence-corrected chi connectivity index (χ0v) is 7.45. The third-order valence-corrected chi connectivity index (χ3v) is 2.52. The Hall–Kier alpha value is -0.830. The lowest BCUT2D eigenvalue weighted by atomic mass is 10.1. The van der Waals surface area contributed by atoms with Gasteiger partial charge in [-0.25, -0.2) is 4.98 Å². The predicted molar refractivity (Wildman–Crippen MR) is 48.1 cm³/mol. The van der Waals surface area contributed by atoms with Crippen LogP contribution in [-0.4, -0.2) is 22.6 Å². The molecule has 0 radical (unpaired) electrons. The van der Waals surface area contributed by atoms with E-state index in [1.165, 1.54) is 25.1 Å². The lowest BCUT2D eigenvalue weighted by Gasteiger charge is -2.24. The summed E-state index contributed by atoms with van der Waals surface area (Å²) >= 11 is 0. The molecule has 0 spiro atoms. The molecule has 1 N–H and O–H groups in total. The molecule has 1 aromatic heterocycles. The second kappa shape index (κ2) is 3.27. The number of hydrogen-bond acceptors (Lipinski definition) is 2. The summed E-state index contributed by atoms with van der Waals surface area (Å²) in [6.45, 7) is 4.38. The van der Waals surface area contributed by atoms with Crippen molar-refractivity contribution in [3.63, 3.8) is 0 Å². The van der Waals surface area contributed by atoms with Gasteiger partial charge in [-0.3, -0.25) is 0 Å². The monoisotopic (exact) mass is 165 g/mol. The van der Waals surface area contributed by atoms with Crippen LogP contribution in [0.2, 0.25) is 0 Å². The molecule has 1 aliphatic heterocycles. The van der Waals surface area contributed by atoms with Gasteiger partial charge in [-0.15, -0.1) is 0 Å². The summed E-state index contributed by atoms with van der Waals surface area (Å²) in [6.07, 6.45) is 6.42. The number of aryl methyl sites for hydroxylation is 1. The van der Waals surface area contributed by atoms with Gasteiger partial charge < -0.3 is 9.88 Å². The molecule has 1 unspecified atom stereocenters. The quantitative estimate of drug-likeness (QED) is 0.675. The van der Waals surface area contributed by atoms with Gasteiger partial charge in [0, 0.05) is 24.5 Å². The Morgan fingerprint density at radius 2 is 2.58 bits per heavy atom. The Morgan fingerprint density at radius 1 is 1.67 bits per heavy atom. The Bertz CT molecular complexity index is 248. The van der Waals surface area contributed by atoms with Crippen molar-refractivity contribution in [2.45, 2.75) is 25.8 Å². The highest BCUT2D eigenvalue weighted by atomic mass is 15.1. The fraction of sp³-hybridized carbons (Fsp3) is 0.667.